The summed E-state index contributed by atoms with van der Waals surface area (Å²) in [6.07, 6.45) is 1.33. The molecule has 2 amide bonds. The number of nitrogens with one attached hydrogen (secondary N) is 2. The number of nitro benzene ring substituents is 1. The van der Waals surface area contributed by atoms with Gasteiger partial charge < -0.3 is 9.73 Å². The predicted octanol–water partition coefficient (Wildman–Crippen LogP) is 4.72. The second-order valence-electron chi connectivity index (χ2n) is 7.87. The molecule has 10 heteroatoms. The Morgan fingerprint density at radius 3 is 2.53 bits per heavy atom. The fourth-order valence-electron chi connectivity index (χ4n) is 3.23. The number of carbonyl (C=O) groups is 2. The van der Waals surface area contributed by atoms with E-state index in [1.807, 2.05) is 0 Å². The summed E-state index contributed by atoms with van der Waals surface area (Å²) in [6, 6.07) is 13.6. The molecule has 1 heterocycles. The number of non-ortho nitro benzene ring substituents is 1. The highest BCUT2D eigenvalue weighted by atomic mass is 35.5. The van der Waals surface area contributed by atoms with Crippen molar-refractivity contribution in [3.05, 3.63) is 86.6 Å². The van der Waals surface area contributed by atoms with Gasteiger partial charge >= 0.3 is 0 Å². The second kappa shape index (κ2) is 10.8. The van der Waals surface area contributed by atoms with Crippen LogP contribution in [0.4, 0.5) is 5.69 Å². The van der Waals surface area contributed by atoms with Crippen molar-refractivity contribution in [2.45, 2.75) is 26.8 Å². The van der Waals surface area contributed by atoms with Crippen LogP contribution in [-0.2, 0) is 4.79 Å². The molecule has 34 heavy (non-hydrogen) atoms. The topological polar surface area (TPSA) is 127 Å². The van der Waals surface area contributed by atoms with Crippen LogP contribution in [0.15, 0.2) is 64.1 Å². The van der Waals surface area contributed by atoms with Crippen molar-refractivity contribution in [3.63, 3.8) is 0 Å². The van der Waals surface area contributed by atoms with Gasteiger partial charge in [0.1, 0.15) is 17.6 Å². The molecular formula is C24H23ClN4O5. The number of nitro groups is 1. The largest absolute Gasteiger partial charge is 0.455 e. The first-order valence-electron chi connectivity index (χ1n) is 10.4. The number of furan rings is 1. The lowest BCUT2D eigenvalue weighted by molar-refractivity contribution is -0.384. The molecule has 176 valence electrons. The molecule has 0 radical (unpaired) electrons. The molecular weight excluding hydrogens is 460 g/mol. The summed E-state index contributed by atoms with van der Waals surface area (Å²) < 4.78 is 5.72. The van der Waals surface area contributed by atoms with E-state index in [1.165, 1.54) is 18.3 Å². The lowest BCUT2D eigenvalue weighted by Gasteiger charge is -2.20. The smallest absolute Gasteiger partial charge is 0.269 e. The molecule has 1 aromatic heterocycles. The Morgan fingerprint density at radius 1 is 1.15 bits per heavy atom. The summed E-state index contributed by atoms with van der Waals surface area (Å²) in [6.45, 7) is 5.35. The normalized spacial score (nSPS) is 12.0. The van der Waals surface area contributed by atoms with E-state index in [4.69, 9.17) is 16.0 Å². The van der Waals surface area contributed by atoms with Gasteiger partial charge in [-0.2, -0.15) is 5.10 Å². The quantitative estimate of drug-likeness (QED) is 0.273. The Morgan fingerprint density at radius 2 is 1.88 bits per heavy atom. The van der Waals surface area contributed by atoms with Crippen molar-refractivity contribution in [3.8, 4) is 11.3 Å². The molecule has 0 bridgehead atoms. The Hall–Kier alpha value is -3.98. The van der Waals surface area contributed by atoms with Crippen LogP contribution in [0.2, 0.25) is 5.02 Å². The van der Waals surface area contributed by atoms with Crippen molar-refractivity contribution in [2.24, 2.45) is 11.0 Å². The van der Waals surface area contributed by atoms with Crippen molar-refractivity contribution in [1.82, 2.24) is 10.7 Å². The van der Waals surface area contributed by atoms with E-state index in [9.17, 15) is 19.7 Å². The van der Waals surface area contributed by atoms with E-state index < -0.39 is 22.8 Å². The molecule has 0 saturated carbocycles. The highest BCUT2D eigenvalue weighted by Gasteiger charge is 2.25. The average Bonchev–Trinajstić information content (AvgIpc) is 3.25. The maximum absolute atomic E-state index is 12.6. The van der Waals surface area contributed by atoms with Gasteiger partial charge in [-0.3, -0.25) is 19.7 Å². The molecule has 1 atom stereocenters. The van der Waals surface area contributed by atoms with E-state index in [0.29, 0.717) is 22.6 Å². The molecule has 9 nitrogen and oxygen atoms in total. The van der Waals surface area contributed by atoms with E-state index in [0.717, 1.165) is 0 Å². The van der Waals surface area contributed by atoms with Crippen LogP contribution in [0.25, 0.3) is 11.3 Å². The van der Waals surface area contributed by atoms with Crippen LogP contribution in [0.1, 0.15) is 35.5 Å². The van der Waals surface area contributed by atoms with Crippen molar-refractivity contribution in [1.29, 1.82) is 0 Å². The van der Waals surface area contributed by atoms with Crippen LogP contribution in [-0.4, -0.2) is 29.0 Å². The molecule has 3 rings (SSSR count). The van der Waals surface area contributed by atoms with Crippen LogP contribution in [0, 0.1) is 23.0 Å². The first-order chi connectivity index (χ1) is 16.2. The van der Waals surface area contributed by atoms with Gasteiger partial charge in [-0.15, -0.1) is 0 Å². The van der Waals surface area contributed by atoms with Crippen molar-refractivity contribution in [2.75, 3.05) is 0 Å². The van der Waals surface area contributed by atoms with Gasteiger partial charge in [-0.1, -0.05) is 37.6 Å². The van der Waals surface area contributed by atoms with Crippen LogP contribution in [0.5, 0.6) is 0 Å². The van der Waals surface area contributed by atoms with Gasteiger partial charge in [0, 0.05) is 17.7 Å². The SMILES string of the molecule is Cc1cc([N+](=O)[O-])ccc1-c1ccc(/C=N\NC(=O)[C@H](NC(=O)c2ccccc2Cl)C(C)C)o1. The fourth-order valence-corrected chi connectivity index (χ4v) is 3.45. The molecule has 0 fully saturated rings. The highest BCUT2D eigenvalue weighted by Crippen LogP contribution is 2.28. The summed E-state index contributed by atoms with van der Waals surface area (Å²) in [4.78, 5) is 35.6. The van der Waals surface area contributed by atoms with Crippen molar-refractivity contribution >= 4 is 35.3 Å². The fraction of sp³-hybridized carbons (Fsp3) is 0.208. The number of hydrogen-bond acceptors (Lipinski definition) is 6. The standard InChI is InChI=1S/C24H23ClN4O5/c1-14(2)22(27-23(30)19-6-4-5-7-20(19)25)24(31)28-26-13-17-9-11-21(34-17)18-10-8-16(29(32)33)12-15(18)3/h4-14,22H,1-3H3,(H,27,30)(H,28,31)/b26-13-/t22-/m1/s1. The van der Waals surface area contributed by atoms with E-state index in [-0.39, 0.29) is 22.2 Å². The molecule has 2 N–H and O–H groups in total. The molecule has 0 aliphatic rings. The molecule has 3 aromatic rings. The Bertz CT molecular complexity index is 1250. The molecule has 0 aliphatic heterocycles. The number of rotatable bonds is 8. The Labute approximate surface area is 201 Å². The molecule has 0 unspecified atom stereocenters. The highest BCUT2D eigenvalue weighted by molar-refractivity contribution is 6.33. The first-order valence-corrected chi connectivity index (χ1v) is 10.8. The number of aryl methyl sites for hydroxylation is 1. The number of amides is 2. The van der Waals surface area contributed by atoms with Gasteiger partial charge in [0.2, 0.25) is 0 Å². The number of benzene rings is 2. The zero-order valence-electron chi connectivity index (χ0n) is 18.7. The summed E-state index contributed by atoms with van der Waals surface area (Å²) in [5.41, 5.74) is 4.08. The minimum atomic E-state index is -0.837. The summed E-state index contributed by atoms with van der Waals surface area (Å²) >= 11 is 6.07. The minimum Gasteiger partial charge on any atom is -0.455 e. The summed E-state index contributed by atoms with van der Waals surface area (Å²) in [5.74, 6) is -0.286. The van der Waals surface area contributed by atoms with E-state index >= 15 is 0 Å². The monoisotopic (exact) mass is 482 g/mol. The van der Waals surface area contributed by atoms with E-state index in [2.05, 4.69) is 15.8 Å². The number of halogens is 1. The predicted molar refractivity (Wildman–Crippen MR) is 129 cm³/mol. The van der Waals surface area contributed by atoms with Gasteiger partial charge in [0.05, 0.1) is 21.7 Å². The summed E-state index contributed by atoms with van der Waals surface area (Å²) in [5, 5.41) is 17.8. The third-order valence-electron chi connectivity index (χ3n) is 5.03. The second-order valence-corrected chi connectivity index (χ2v) is 8.27. The molecule has 0 saturated heterocycles. The first kappa shape index (κ1) is 24.7. The van der Waals surface area contributed by atoms with Gasteiger partial charge in [-0.05, 0) is 48.7 Å². The van der Waals surface area contributed by atoms with Gasteiger partial charge in [-0.25, -0.2) is 5.43 Å². The van der Waals surface area contributed by atoms with Crippen LogP contribution >= 0.6 is 11.6 Å². The Kier molecular flexibility index (Phi) is 7.80. The maximum Gasteiger partial charge on any atom is 0.269 e. The zero-order chi connectivity index (χ0) is 24.8. The molecule has 2 aromatic carbocycles. The number of carbonyl (C=O) groups excluding carboxylic acids is 2. The molecule has 0 aliphatic carbocycles. The third kappa shape index (κ3) is 5.87. The van der Waals surface area contributed by atoms with Gasteiger partial charge in [0.15, 0.2) is 0 Å². The number of hydrazone groups is 1. The minimum absolute atomic E-state index is 0.00126. The van der Waals surface area contributed by atoms with Crippen LogP contribution < -0.4 is 10.7 Å². The number of nitrogens with zero attached hydrogens (tertiary/aromatic N) is 2. The van der Waals surface area contributed by atoms with E-state index in [1.54, 1.807) is 63.2 Å². The Balaban J connectivity index is 1.65. The molecule has 0 spiro atoms. The lowest BCUT2D eigenvalue weighted by atomic mass is 10.0. The maximum atomic E-state index is 12.6. The van der Waals surface area contributed by atoms with Crippen molar-refractivity contribution < 1.29 is 18.9 Å². The van der Waals surface area contributed by atoms with Gasteiger partial charge in [0.25, 0.3) is 17.5 Å². The average molecular weight is 483 g/mol. The number of hydrogen-bond donors (Lipinski definition) is 2. The summed E-state index contributed by atoms with van der Waals surface area (Å²) in [7, 11) is 0. The van der Waals surface area contributed by atoms with Crippen LogP contribution in [0.3, 0.4) is 0 Å². The lowest BCUT2D eigenvalue weighted by Crippen LogP contribution is -2.48. The zero-order valence-corrected chi connectivity index (χ0v) is 19.5. The third-order valence-corrected chi connectivity index (χ3v) is 5.36.